The molecule has 0 amide bonds. The van der Waals surface area contributed by atoms with Crippen molar-refractivity contribution >= 4 is 27.5 Å². The highest BCUT2D eigenvalue weighted by atomic mass is 32.2. The third kappa shape index (κ3) is 4.00. The van der Waals surface area contributed by atoms with Crippen LogP contribution in [-0.4, -0.2) is 21.3 Å². The Hall–Kier alpha value is -1.66. The van der Waals surface area contributed by atoms with Gasteiger partial charge in [0.1, 0.15) is 5.75 Å². The number of sulfonamides is 1. The summed E-state index contributed by atoms with van der Waals surface area (Å²) in [6.45, 7) is 5.58. The molecule has 2 aromatic rings. The normalized spacial score (nSPS) is 11.3. The molecule has 23 heavy (non-hydrogen) atoms. The van der Waals surface area contributed by atoms with Crippen molar-refractivity contribution in [3.8, 4) is 5.75 Å². The molecule has 0 saturated heterocycles. The van der Waals surface area contributed by atoms with Gasteiger partial charge < -0.3 is 4.74 Å². The van der Waals surface area contributed by atoms with Gasteiger partial charge in [0.15, 0.2) is 0 Å². The van der Waals surface area contributed by atoms with Crippen molar-refractivity contribution < 1.29 is 13.2 Å². The number of hydrogen-bond acceptors (Lipinski definition) is 4. The Bertz CT molecular complexity index is 778. The number of aryl methyl sites for hydroxylation is 2. The van der Waals surface area contributed by atoms with Gasteiger partial charge >= 0.3 is 0 Å². The number of anilines is 1. The van der Waals surface area contributed by atoms with Gasteiger partial charge in [-0.15, -0.1) is 11.8 Å². The summed E-state index contributed by atoms with van der Waals surface area (Å²) in [6.07, 6.45) is 0. The number of nitrogens with one attached hydrogen (secondary N) is 1. The maximum absolute atomic E-state index is 12.8. The Kier molecular flexibility index (Phi) is 5.59. The van der Waals surface area contributed by atoms with Gasteiger partial charge in [-0.2, -0.15) is 0 Å². The Morgan fingerprint density at radius 2 is 1.74 bits per heavy atom. The zero-order valence-electron chi connectivity index (χ0n) is 13.7. The number of thioether (sulfide) groups is 1. The van der Waals surface area contributed by atoms with Gasteiger partial charge in [0.05, 0.1) is 17.7 Å². The summed E-state index contributed by atoms with van der Waals surface area (Å²) < 4.78 is 33.6. The highest BCUT2D eigenvalue weighted by Crippen LogP contribution is 2.31. The molecule has 0 aliphatic carbocycles. The largest absolute Gasteiger partial charge is 0.497 e. The summed E-state index contributed by atoms with van der Waals surface area (Å²) in [5.41, 5.74) is 1.93. The topological polar surface area (TPSA) is 55.4 Å². The Balaban J connectivity index is 2.45. The fraction of sp³-hybridized carbons (Fsp3) is 0.294. The molecule has 0 aromatic heterocycles. The average Bonchev–Trinajstić information content (AvgIpc) is 2.48. The Morgan fingerprint density at radius 3 is 2.30 bits per heavy atom. The standard InChI is InChI=1S/C17H21NO3S2/c1-5-22-16-9-7-6-8-15(16)18-23(19,20)17-12(2)10-14(21-4)11-13(17)3/h6-11,18H,5H2,1-4H3. The van der Waals surface area contributed by atoms with Crippen LogP contribution in [0, 0.1) is 13.8 Å². The second-order valence-corrected chi connectivity index (χ2v) is 8.05. The zero-order valence-corrected chi connectivity index (χ0v) is 15.3. The summed E-state index contributed by atoms with van der Waals surface area (Å²) in [5, 5.41) is 0. The molecule has 0 aliphatic rings. The molecule has 0 heterocycles. The van der Waals surface area contributed by atoms with Crippen molar-refractivity contribution in [3.63, 3.8) is 0 Å². The van der Waals surface area contributed by atoms with Crippen molar-refractivity contribution in [3.05, 3.63) is 47.5 Å². The lowest BCUT2D eigenvalue weighted by Gasteiger charge is -2.16. The molecule has 124 valence electrons. The first-order valence-corrected chi connectivity index (χ1v) is 9.75. The van der Waals surface area contributed by atoms with Gasteiger partial charge in [0.25, 0.3) is 10.0 Å². The Labute approximate surface area is 142 Å². The summed E-state index contributed by atoms with van der Waals surface area (Å²) in [6, 6.07) is 10.9. The molecule has 0 saturated carbocycles. The van der Waals surface area contributed by atoms with Crippen LogP contribution in [0.1, 0.15) is 18.1 Å². The van der Waals surface area contributed by atoms with E-state index in [4.69, 9.17) is 4.74 Å². The van der Waals surface area contributed by atoms with Crippen LogP contribution in [0.3, 0.4) is 0 Å². The summed E-state index contributed by atoms with van der Waals surface area (Å²) in [4.78, 5) is 1.22. The van der Waals surface area contributed by atoms with Gasteiger partial charge in [0, 0.05) is 4.90 Å². The van der Waals surface area contributed by atoms with E-state index < -0.39 is 10.0 Å². The molecule has 0 radical (unpaired) electrons. The van der Waals surface area contributed by atoms with Crippen LogP contribution in [0.5, 0.6) is 5.75 Å². The quantitative estimate of drug-likeness (QED) is 0.792. The molecule has 0 atom stereocenters. The van der Waals surface area contributed by atoms with E-state index in [-0.39, 0.29) is 0 Å². The van der Waals surface area contributed by atoms with Crippen molar-refractivity contribution in [2.24, 2.45) is 0 Å². The molecule has 0 aliphatic heterocycles. The molecule has 2 rings (SSSR count). The zero-order chi connectivity index (χ0) is 17.0. The number of hydrogen-bond donors (Lipinski definition) is 1. The SMILES string of the molecule is CCSc1ccccc1NS(=O)(=O)c1c(C)cc(OC)cc1C. The summed E-state index contributed by atoms with van der Waals surface area (Å²) in [7, 11) is -2.09. The van der Waals surface area contributed by atoms with Crippen LogP contribution >= 0.6 is 11.8 Å². The minimum atomic E-state index is -3.66. The van der Waals surface area contributed by atoms with E-state index in [1.165, 1.54) is 0 Å². The molecule has 6 heteroatoms. The number of ether oxygens (including phenoxy) is 1. The van der Waals surface area contributed by atoms with Crippen LogP contribution in [0.2, 0.25) is 0 Å². The molecule has 1 N–H and O–H groups in total. The third-order valence-electron chi connectivity index (χ3n) is 3.37. The van der Waals surface area contributed by atoms with E-state index >= 15 is 0 Å². The highest BCUT2D eigenvalue weighted by Gasteiger charge is 2.21. The summed E-state index contributed by atoms with van der Waals surface area (Å²) >= 11 is 1.61. The van der Waals surface area contributed by atoms with Crippen LogP contribution in [0.15, 0.2) is 46.2 Å². The van der Waals surface area contributed by atoms with Gasteiger partial charge in [0.2, 0.25) is 0 Å². The van der Waals surface area contributed by atoms with E-state index in [2.05, 4.69) is 4.72 Å². The molecule has 4 nitrogen and oxygen atoms in total. The smallest absolute Gasteiger partial charge is 0.262 e. The fourth-order valence-corrected chi connectivity index (χ4v) is 4.84. The molecule has 0 spiro atoms. The Morgan fingerprint density at radius 1 is 1.13 bits per heavy atom. The van der Waals surface area contributed by atoms with Crippen molar-refractivity contribution in [1.29, 1.82) is 0 Å². The molecule has 0 bridgehead atoms. The van der Waals surface area contributed by atoms with Gasteiger partial charge in [-0.3, -0.25) is 4.72 Å². The maximum atomic E-state index is 12.8. The minimum Gasteiger partial charge on any atom is -0.497 e. The summed E-state index contributed by atoms with van der Waals surface area (Å²) in [5.74, 6) is 1.53. The predicted molar refractivity (Wildman–Crippen MR) is 96.1 cm³/mol. The minimum absolute atomic E-state index is 0.301. The van der Waals surface area contributed by atoms with Crippen LogP contribution in [0.25, 0.3) is 0 Å². The number of para-hydroxylation sites is 1. The molecular weight excluding hydrogens is 330 g/mol. The second kappa shape index (κ2) is 7.27. The van der Waals surface area contributed by atoms with E-state index in [1.807, 2.05) is 25.1 Å². The van der Waals surface area contributed by atoms with Gasteiger partial charge in [-0.05, 0) is 55.0 Å². The van der Waals surface area contributed by atoms with Crippen LogP contribution < -0.4 is 9.46 Å². The number of methoxy groups -OCH3 is 1. The van der Waals surface area contributed by atoms with E-state index in [0.717, 1.165) is 10.6 Å². The first kappa shape index (κ1) is 17.7. The van der Waals surface area contributed by atoms with Crippen molar-refractivity contribution in [2.75, 3.05) is 17.6 Å². The maximum Gasteiger partial charge on any atom is 0.262 e. The van der Waals surface area contributed by atoms with E-state index in [0.29, 0.717) is 27.5 Å². The monoisotopic (exact) mass is 351 g/mol. The van der Waals surface area contributed by atoms with E-state index in [1.54, 1.807) is 50.9 Å². The van der Waals surface area contributed by atoms with Crippen LogP contribution in [-0.2, 0) is 10.0 Å². The van der Waals surface area contributed by atoms with Gasteiger partial charge in [-0.25, -0.2) is 8.42 Å². The van der Waals surface area contributed by atoms with Gasteiger partial charge in [-0.1, -0.05) is 19.1 Å². The molecule has 2 aromatic carbocycles. The lowest BCUT2D eigenvalue weighted by molar-refractivity contribution is 0.413. The van der Waals surface area contributed by atoms with Crippen molar-refractivity contribution in [2.45, 2.75) is 30.6 Å². The lowest BCUT2D eigenvalue weighted by atomic mass is 10.1. The number of benzene rings is 2. The second-order valence-electron chi connectivity index (χ2n) is 5.12. The van der Waals surface area contributed by atoms with Crippen molar-refractivity contribution in [1.82, 2.24) is 0 Å². The molecular formula is C17H21NO3S2. The van der Waals surface area contributed by atoms with Crippen LogP contribution in [0.4, 0.5) is 5.69 Å². The third-order valence-corrected chi connectivity index (χ3v) is 6.00. The first-order valence-electron chi connectivity index (χ1n) is 7.29. The van der Waals surface area contributed by atoms with E-state index in [9.17, 15) is 8.42 Å². The lowest BCUT2D eigenvalue weighted by Crippen LogP contribution is -2.16. The number of rotatable bonds is 6. The predicted octanol–water partition coefficient (Wildman–Crippen LogP) is 4.22. The fourth-order valence-electron chi connectivity index (χ4n) is 2.48. The molecule has 0 fully saturated rings. The molecule has 0 unspecified atom stereocenters. The highest BCUT2D eigenvalue weighted by molar-refractivity contribution is 7.99. The first-order chi connectivity index (χ1) is 10.9. The average molecular weight is 351 g/mol.